The van der Waals surface area contributed by atoms with Gasteiger partial charge in [0, 0.05) is 31.9 Å². The van der Waals surface area contributed by atoms with Gasteiger partial charge in [-0.3, -0.25) is 0 Å². The molecule has 0 spiro atoms. The van der Waals surface area contributed by atoms with Crippen molar-refractivity contribution in [2.75, 3.05) is 36.8 Å². The molecule has 2 N–H and O–H groups in total. The zero-order chi connectivity index (χ0) is 24.4. The normalized spacial score (nSPS) is 18.7. The van der Waals surface area contributed by atoms with E-state index in [-0.39, 0.29) is 35.0 Å². The molecule has 1 fully saturated rings. The molecule has 0 unspecified atom stereocenters. The maximum Gasteiger partial charge on any atom is 0.252 e. The van der Waals surface area contributed by atoms with Crippen LogP contribution in [0.4, 0.5) is 5.69 Å². The molecule has 3 rings (SSSR count). The van der Waals surface area contributed by atoms with Crippen molar-refractivity contribution in [1.29, 1.82) is 0 Å². The first-order chi connectivity index (χ1) is 15.3. The van der Waals surface area contributed by atoms with Crippen molar-refractivity contribution in [1.82, 2.24) is 9.03 Å². The van der Waals surface area contributed by atoms with Crippen LogP contribution < -0.4 is 9.62 Å². The molecule has 0 saturated carbocycles. The van der Waals surface area contributed by atoms with Crippen molar-refractivity contribution in [3.8, 4) is 0 Å². The first-order valence-electron chi connectivity index (χ1n) is 10.9. The van der Waals surface area contributed by atoms with Crippen LogP contribution in [0.1, 0.15) is 33.3 Å². The maximum atomic E-state index is 13.1. The SMILES string of the molecule is CC(C)CS(=O)(=O)NC[C@H]1CN(S(=O)(=O)c2cccs2)CCN1c1ccc(C(C)(C)O)cc1. The van der Waals surface area contributed by atoms with Crippen molar-refractivity contribution in [3.05, 3.63) is 47.3 Å². The zero-order valence-electron chi connectivity index (χ0n) is 19.4. The predicted octanol–water partition coefficient (Wildman–Crippen LogP) is 2.43. The van der Waals surface area contributed by atoms with Crippen LogP contribution in [0.25, 0.3) is 0 Å². The van der Waals surface area contributed by atoms with Crippen molar-refractivity contribution in [2.45, 2.75) is 43.5 Å². The molecule has 1 atom stereocenters. The summed E-state index contributed by atoms with van der Waals surface area (Å²) >= 11 is 1.17. The second-order valence-electron chi connectivity index (χ2n) is 9.27. The molecule has 1 aliphatic heterocycles. The van der Waals surface area contributed by atoms with Gasteiger partial charge in [0.05, 0.1) is 17.4 Å². The standard InChI is InChI=1S/C22H33N3O5S3/c1-17(2)16-32(27,28)23-14-20-15-24(33(29,30)21-6-5-13-31-21)11-12-25(20)19-9-7-18(8-10-19)22(3,4)26/h5-10,13,17,20,23,26H,11-12,14-16H2,1-4H3/t20-/m0/s1. The van der Waals surface area contributed by atoms with Crippen LogP contribution in [-0.4, -0.2) is 64.2 Å². The highest BCUT2D eigenvalue weighted by atomic mass is 32.2. The minimum atomic E-state index is -3.64. The molecule has 0 radical (unpaired) electrons. The lowest BCUT2D eigenvalue weighted by Gasteiger charge is -2.42. The van der Waals surface area contributed by atoms with Gasteiger partial charge in [0.15, 0.2) is 0 Å². The summed E-state index contributed by atoms with van der Waals surface area (Å²) in [6.45, 7) is 8.07. The fraction of sp³-hybridized carbons (Fsp3) is 0.545. The predicted molar refractivity (Wildman–Crippen MR) is 133 cm³/mol. The molecule has 1 aromatic heterocycles. The zero-order valence-corrected chi connectivity index (χ0v) is 21.9. The lowest BCUT2D eigenvalue weighted by Crippen LogP contribution is -2.58. The van der Waals surface area contributed by atoms with Crippen LogP contribution in [0.3, 0.4) is 0 Å². The average Bonchev–Trinajstić information content (AvgIpc) is 3.26. The Labute approximate surface area is 201 Å². The Morgan fingerprint density at radius 1 is 1.12 bits per heavy atom. The highest BCUT2D eigenvalue weighted by Crippen LogP contribution is 2.28. The minimum absolute atomic E-state index is 0.0111. The Kier molecular flexibility index (Phi) is 7.92. The molecule has 1 saturated heterocycles. The van der Waals surface area contributed by atoms with Gasteiger partial charge in [0.25, 0.3) is 10.0 Å². The summed E-state index contributed by atoms with van der Waals surface area (Å²) < 4.78 is 55.5. The third kappa shape index (κ3) is 6.55. The lowest BCUT2D eigenvalue weighted by molar-refractivity contribution is 0.0786. The highest BCUT2D eigenvalue weighted by molar-refractivity contribution is 7.91. The fourth-order valence-corrected chi connectivity index (χ4v) is 7.93. The number of piperazine rings is 1. The summed E-state index contributed by atoms with van der Waals surface area (Å²) in [4.78, 5) is 2.03. The van der Waals surface area contributed by atoms with Gasteiger partial charge < -0.3 is 10.0 Å². The van der Waals surface area contributed by atoms with E-state index in [0.717, 1.165) is 11.3 Å². The number of hydrogen-bond acceptors (Lipinski definition) is 7. The van der Waals surface area contributed by atoms with Gasteiger partial charge in [-0.15, -0.1) is 11.3 Å². The quantitative estimate of drug-likeness (QED) is 0.531. The van der Waals surface area contributed by atoms with Gasteiger partial charge in [-0.2, -0.15) is 4.31 Å². The summed E-state index contributed by atoms with van der Waals surface area (Å²) in [6.07, 6.45) is 0. The van der Waals surface area contributed by atoms with Gasteiger partial charge in [-0.25, -0.2) is 21.6 Å². The van der Waals surface area contributed by atoms with Crippen LogP contribution in [0.5, 0.6) is 0 Å². The van der Waals surface area contributed by atoms with Crippen LogP contribution in [0, 0.1) is 5.92 Å². The monoisotopic (exact) mass is 515 g/mol. The third-order valence-corrected chi connectivity index (χ3v) is 10.5. The number of anilines is 1. The molecule has 2 heterocycles. The number of aliphatic hydroxyl groups is 1. The number of sulfonamides is 2. The summed E-state index contributed by atoms with van der Waals surface area (Å²) in [5.74, 6) is -0.00736. The molecule has 8 nitrogen and oxygen atoms in total. The highest BCUT2D eigenvalue weighted by Gasteiger charge is 2.35. The average molecular weight is 516 g/mol. The Bertz CT molecular complexity index is 1120. The van der Waals surface area contributed by atoms with Crippen molar-refractivity contribution < 1.29 is 21.9 Å². The molecule has 33 heavy (non-hydrogen) atoms. The molecule has 11 heteroatoms. The second-order valence-corrected chi connectivity index (χ2v) is 14.2. The van der Waals surface area contributed by atoms with Gasteiger partial charge in [0.1, 0.15) is 4.21 Å². The van der Waals surface area contributed by atoms with E-state index in [4.69, 9.17) is 0 Å². The number of benzene rings is 1. The smallest absolute Gasteiger partial charge is 0.252 e. The van der Waals surface area contributed by atoms with Crippen LogP contribution in [0.15, 0.2) is 46.0 Å². The third-order valence-electron chi connectivity index (χ3n) is 5.53. The Morgan fingerprint density at radius 2 is 1.79 bits per heavy atom. The van der Waals surface area contributed by atoms with Gasteiger partial charge in [0.2, 0.25) is 10.0 Å². The Hall–Kier alpha value is -1.50. The number of rotatable bonds is 9. The number of thiophene rings is 1. The van der Waals surface area contributed by atoms with E-state index in [2.05, 4.69) is 4.72 Å². The topological polar surface area (TPSA) is 107 Å². The van der Waals surface area contributed by atoms with Gasteiger partial charge in [-0.05, 0) is 48.9 Å². The van der Waals surface area contributed by atoms with Crippen molar-refractivity contribution >= 4 is 37.1 Å². The molecule has 0 amide bonds. The molecular formula is C22H33N3O5S3. The maximum absolute atomic E-state index is 13.1. The van der Waals surface area contributed by atoms with E-state index in [1.54, 1.807) is 31.4 Å². The number of nitrogens with zero attached hydrogens (tertiary/aromatic N) is 2. The Balaban J connectivity index is 1.85. The van der Waals surface area contributed by atoms with E-state index in [1.165, 1.54) is 15.6 Å². The first-order valence-corrected chi connectivity index (χ1v) is 14.9. The largest absolute Gasteiger partial charge is 0.386 e. The minimum Gasteiger partial charge on any atom is -0.386 e. The van der Waals surface area contributed by atoms with Crippen LogP contribution in [-0.2, 0) is 25.6 Å². The van der Waals surface area contributed by atoms with Crippen LogP contribution >= 0.6 is 11.3 Å². The lowest BCUT2D eigenvalue weighted by atomic mass is 9.98. The summed E-state index contributed by atoms with van der Waals surface area (Å²) in [5, 5.41) is 12.0. The molecule has 2 aromatic rings. The first kappa shape index (κ1) is 26.1. The number of hydrogen-bond donors (Lipinski definition) is 2. The molecular weight excluding hydrogens is 482 g/mol. The van der Waals surface area contributed by atoms with Gasteiger partial charge >= 0.3 is 0 Å². The van der Waals surface area contributed by atoms with E-state index >= 15 is 0 Å². The summed E-state index contributed by atoms with van der Waals surface area (Å²) in [5.41, 5.74) is 0.640. The van der Waals surface area contributed by atoms with Crippen molar-refractivity contribution in [2.24, 2.45) is 5.92 Å². The molecule has 0 aliphatic carbocycles. The van der Waals surface area contributed by atoms with E-state index in [9.17, 15) is 21.9 Å². The van der Waals surface area contributed by atoms with E-state index < -0.39 is 25.6 Å². The number of nitrogens with one attached hydrogen (secondary N) is 1. The Morgan fingerprint density at radius 3 is 2.33 bits per heavy atom. The molecule has 184 valence electrons. The van der Waals surface area contributed by atoms with Gasteiger partial charge in [-0.1, -0.05) is 32.0 Å². The molecule has 1 aliphatic rings. The summed E-state index contributed by atoms with van der Waals surface area (Å²) in [6, 6.07) is 10.3. The van der Waals surface area contributed by atoms with E-state index in [0.29, 0.717) is 13.1 Å². The second kappa shape index (κ2) is 10.0. The fourth-order valence-electron chi connectivity index (χ4n) is 3.88. The van der Waals surface area contributed by atoms with Crippen LogP contribution in [0.2, 0.25) is 0 Å². The van der Waals surface area contributed by atoms with Crippen molar-refractivity contribution in [3.63, 3.8) is 0 Å². The molecule has 1 aromatic carbocycles. The molecule has 0 bridgehead atoms. The van der Waals surface area contributed by atoms with E-state index in [1.807, 2.05) is 43.0 Å². The summed E-state index contributed by atoms with van der Waals surface area (Å²) in [7, 11) is -7.12.